The van der Waals surface area contributed by atoms with Gasteiger partial charge in [0.1, 0.15) is 12.4 Å². The minimum Gasteiger partial charge on any atom is -0.353 e. The van der Waals surface area contributed by atoms with Crippen LogP contribution in [-0.4, -0.2) is 50.8 Å². The van der Waals surface area contributed by atoms with Crippen LogP contribution in [0.4, 0.5) is 4.39 Å². The quantitative estimate of drug-likeness (QED) is 0.614. The second kappa shape index (κ2) is 9.24. The van der Waals surface area contributed by atoms with Crippen LogP contribution >= 0.6 is 0 Å². The second-order valence-electron chi connectivity index (χ2n) is 8.47. The highest BCUT2D eigenvalue weighted by atomic mass is 19.1. The van der Waals surface area contributed by atoms with Crippen molar-refractivity contribution in [3.05, 3.63) is 63.6 Å². The first-order valence-electron chi connectivity index (χ1n) is 11.2. The molecule has 1 aliphatic heterocycles. The summed E-state index contributed by atoms with van der Waals surface area (Å²) in [5, 5.41) is 8.45. The van der Waals surface area contributed by atoms with Crippen LogP contribution in [0.15, 0.2) is 35.3 Å². The molecule has 1 aromatic carbocycles. The third-order valence-electron chi connectivity index (χ3n) is 6.62. The molecule has 170 valence electrons. The number of carbonyl (C=O) groups excluding carboxylic acids is 1. The number of aryl methyl sites for hydroxylation is 2. The molecular weight excluding hydrogens is 409 g/mol. The number of nitrogens with zero attached hydrogens (tertiary/aromatic N) is 4. The number of hydrogen-bond acceptors (Lipinski definition) is 4. The minimum absolute atomic E-state index is 0.120. The lowest BCUT2D eigenvalue weighted by molar-refractivity contribution is -0.122. The molecule has 7 nitrogen and oxygen atoms in total. The molecular formula is C24H30FN5O2. The maximum Gasteiger partial charge on any atom is 0.276 e. The predicted octanol–water partition coefficient (Wildman–Crippen LogP) is 2.60. The van der Waals surface area contributed by atoms with Gasteiger partial charge in [0.15, 0.2) is 0 Å². The first-order chi connectivity index (χ1) is 15.4. The van der Waals surface area contributed by atoms with Crippen LogP contribution in [0.25, 0.3) is 10.8 Å². The zero-order chi connectivity index (χ0) is 22.8. The fourth-order valence-corrected chi connectivity index (χ4v) is 4.76. The highest BCUT2D eigenvalue weighted by molar-refractivity contribution is 5.87. The maximum atomic E-state index is 14.2. The number of carbonyl (C=O) groups is 1. The first-order valence-corrected chi connectivity index (χ1v) is 11.2. The Hall–Kier alpha value is -3.00. The molecule has 1 saturated heterocycles. The molecule has 1 N–H and O–H groups in total. The summed E-state index contributed by atoms with van der Waals surface area (Å²) in [7, 11) is 0. The summed E-state index contributed by atoms with van der Waals surface area (Å²) < 4.78 is 17.3. The molecule has 0 bridgehead atoms. The number of aromatic nitrogens is 3. The second-order valence-corrected chi connectivity index (χ2v) is 8.47. The summed E-state index contributed by atoms with van der Waals surface area (Å²) in [6, 6.07) is 6.98. The van der Waals surface area contributed by atoms with Gasteiger partial charge in [-0.05, 0) is 45.8 Å². The SMILES string of the molecule is CCN1CCC[C@@H]1CNC(=O)Cn1ncc2c(C)n(Cc3ccccc3F)c(C)c2c1=O. The van der Waals surface area contributed by atoms with E-state index in [9.17, 15) is 14.0 Å². The van der Waals surface area contributed by atoms with Crippen molar-refractivity contribution < 1.29 is 9.18 Å². The molecule has 1 atom stereocenters. The molecule has 1 aliphatic rings. The molecule has 8 heteroatoms. The van der Waals surface area contributed by atoms with Crippen LogP contribution < -0.4 is 10.9 Å². The summed E-state index contributed by atoms with van der Waals surface area (Å²) in [6.45, 7) is 8.70. The Bertz CT molecular complexity index is 1200. The van der Waals surface area contributed by atoms with E-state index in [1.807, 2.05) is 18.4 Å². The van der Waals surface area contributed by atoms with Gasteiger partial charge < -0.3 is 9.88 Å². The number of fused-ring (bicyclic) bond motifs is 1. The van der Waals surface area contributed by atoms with Gasteiger partial charge >= 0.3 is 0 Å². The summed E-state index contributed by atoms with van der Waals surface area (Å²) >= 11 is 0. The monoisotopic (exact) mass is 439 g/mol. The van der Waals surface area contributed by atoms with Crippen LogP contribution in [0.2, 0.25) is 0 Å². The molecule has 0 unspecified atom stereocenters. The molecule has 0 saturated carbocycles. The van der Waals surface area contributed by atoms with Crippen molar-refractivity contribution >= 4 is 16.7 Å². The van der Waals surface area contributed by atoms with Crippen LogP contribution in [-0.2, 0) is 17.9 Å². The Kier molecular flexibility index (Phi) is 6.41. The minimum atomic E-state index is -0.304. The van der Waals surface area contributed by atoms with Gasteiger partial charge in [-0.15, -0.1) is 0 Å². The number of likely N-dealkylation sites (tertiary alicyclic amines) is 1. The summed E-state index contributed by atoms with van der Waals surface area (Å²) in [5.41, 5.74) is 1.84. The number of rotatable bonds is 7. The van der Waals surface area contributed by atoms with Gasteiger partial charge in [0, 0.05) is 34.9 Å². The van der Waals surface area contributed by atoms with Gasteiger partial charge in [-0.3, -0.25) is 14.5 Å². The Morgan fingerprint density at radius 2 is 2.03 bits per heavy atom. The number of benzene rings is 1. The molecule has 0 spiro atoms. The van der Waals surface area contributed by atoms with Crippen LogP contribution in [0.1, 0.15) is 36.7 Å². The molecule has 1 amide bonds. The Balaban J connectivity index is 1.55. The van der Waals surface area contributed by atoms with E-state index in [4.69, 9.17) is 0 Å². The van der Waals surface area contributed by atoms with E-state index in [1.165, 1.54) is 10.7 Å². The lowest BCUT2D eigenvalue weighted by atomic mass is 10.2. The number of halogens is 1. The highest BCUT2D eigenvalue weighted by Crippen LogP contribution is 2.23. The molecule has 0 aliphatic carbocycles. The third kappa shape index (κ3) is 4.19. The Labute approximate surface area is 186 Å². The highest BCUT2D eigenvalue weighted by Gasteiger charge is 2.23. The van der Waals surface area contributed by atoms with Gasteiger partial charge in [0.25, 0.3) is 5.56 Å². The molecule has 1 fully saturated rings. The van der Waals surface area contributed by atoms with E-state index in [2.05, 4.69) is 22.2 Å². The van der Waals surface area contributed by atoms with E-state index < -0.39 is 0 Å². The maximum absolute atomic E-state index is 14.2. The zero-order valence-electron chi connectivity index (χ0n) is 18.9. The lowest BCUT2D eigenvalue weighted by Gasteiger charge is -2.22. The molecule has 2 aromatic heterocycles. The van der Waals surface area contributed by atoms with Crippen LogP contribution in [0.5, 0.6) is 0 Å². The van der Waals surface area contributed by atoms with E-state index >= 15 is 0 Å². The normalized spacial score (nSPS) is 16.7. The van der Waals surface area contributed by atoms with Crippen LogP contribution in [0, 0.1) is 19.7 Å². The zero-order valence-corrected chi connectivity index (χ0v) is 18.9. The van der Waals surface area contributed by atoms with Crippen molar-refractivity contribution in [1.29, 1.82) is 0 Å². The van der Waals surface area contributed by atoms with Crippen molar-refractivity contribution in [3.63, 3.8) is 0 Å². The van der Waals surface area contributed by atoms with E-state index in [0.717, 1.165) is 42.7 Å². The summed E-state index contributed by atoms with van der Waals surface area (Å²) in [4.78, 5) is 28.0. The topological polar surface area (TPSA) is 72.2 Å². The number of likely N-dealkylation sites (N-methyl/N-ethyl adjacent to an activating group) is 1. The standard InChI is InChI=1S/C24H30FN5O2/c1-4-28-11-7-9-19(28)12-26-22(31)15-30-24(32)23-17(3)29(16(2)20(23)13-27-30)14-18-8-5-6-10-21(18)25/h5-6,8,10,13,19H,4,7,9,11-12,14-15H2,1-3H3,(H,26,31)/t19-/m1/s1. The van der Waals surface area contributed by atoms with Crippen molar-refractivity contribution in [2.24, 2.45) is 0 Å². The van der Waals surface area contributed by atoms with Gasteiger partial charge in [-0.2, -0.15) is 5.10 Å². The smallest absolute Gasteiger partial charge is 0.276 e. The predicted molar refractivity (Wildman–Crippen MR) is 122 cm³/mol. The molecule has 3 heterocycles. The number of amides is 1. The van der Waals surface area contributed by atoms with Crippen molar-refractivity contribution in [1.82, 2.24) is 24.6 Å². The molecule has 3 aromatic rings. The van der Waals surface area contributed by atoms with E-state index in [0.29, 0.717) is 30.1 Å². The fourth-order valence-electron chi connectivity index (χ4n) is 4.76. The van der Waals surface area contributed by atoms with E-state index in [-0.39, 0.29) is 23.8 Å². The van der Waals surface area contributed by atoms with Crippen molar-refractivity contribution in [3.8, 4) is 0 Å². The molecule has 0 radical (unpaired) electrons. The summed E-state index contributed by atoms with van der Waals surface area (Å²) in [6.07, 6.45) is 3.85. The molecule has 32 heavy (non-hydrogen) atoms. The van der Waals surface area contributed by atoms with Crippen molar-refractivity contribution in [2.45, 2.75) is 52.7 Å². The fraction of sp³-hybridized carbons (Fsp3) is 0.458. The Morgan fingerprint density at radius 1 is 1.25 bits per heavy atom. The van der Waals surface area contributed by atoms with Gasteiger partial charge in [0.05, 0.1) is 18.1 Å². The Morgan fingerprint density at radius 3 is 2.78 bits per heavy atom. The van der Waals surface area contributed by atoms with Gasteiger partial charge in [-0.25, -0.2) is 9.07 Å². The van der Waals surface area contributed by atoms with Crippen molar-refractivity contribution in [2.75, 3.05) is 19.6 Å². The van der Waals surface area contributed by atoms with Crippen LogP contribution in [0.3, 0.4) is 0 Å². The third-order valence-corrected chi connectivity index (χ3v) is 6.62. The number of nitrogens with one attached hydrogen (secondary N) is 1. The van der Waals surface area contributed by atoms with Gasteiger partial charge in [0.2, 0.25) is 5.91 Å². The average Bonchev–Trinajstić information content (AvgIpc) is 3.33. The first kappa shape index (κ1) is 22.2. The molecule has 4 rings (SSSR count). The largest absolute Gasteiger partial charge is 0.353 e. The van der Waals surface area contributed by atoms with E-state index in [1.54, 1.807) is 24.4 Å². The summed E-state index contributed by atoms with van der Waals surface area (Å²) in [5.74, 6) is -0.498. The van der Waals surface area contributed by atoms with Gasteiger partial charge in [-0.1, -0.05) is 25.1 Å². The lowest BCUT2D eigenvalue weighted by Crippen LogP contribution is -2.42. The average molecular weight is 440 g/mol. The number of hydrogen-bond donors (Lipinski definition) is 1.